The molecule has 0 aliphatic rings. The fraction of sp³-hybridized carbons (Fsp3) is 0.500. The van der Waals surface area contributed by atoms with Crippen LogP contribution in [0, 0.1) is 6.92 Å². The number of amides is 1. The van der Waals surface area contributed by atoms with Crippen LogP contribution in [0.25, 0.3) is 0 Å². The Morgan fingerprint density at radius 1 is 1.26 bits per heavy atom. The molecule has 0 saturated carbocycles. The molecule has 0 heterocycles. The Bertz CT molecular complexity index is 458. The first-order valence-electron chi connectivity index (χ1n) is 6.11. The van der Waals surface area contributed by atoms with E-state index in [2.05, 4.69) is 5.43 Å². The fourth-order valence-electron chi connectivity index (χ4n) is 2.02. The zero-order valence-electron chi connectivity index (χ0n) is 12.4. The summed E-state index contributed by atoms with van der Waals surface area (Å²) < 4.78 is 10.6. The number of carbonyl (C=O) groups is 1. The lowest BCUT2D eigenvalue weighted by Gasteiger charge is -2.21. The minimum atomic E-state index is -0.303. The standard InChI is InChI=1S/C14H22N2O3/c1-9-7-11(18-5)8-12(19-6)13(9)10(2)14(17)15-16(3)4/h7-8,10H,1-6H3,(H,15,17). The van der Waals surface area contributed by atoms with E-state index in [0.29, 0.717) is 5.75 Å². The van der Waals surface area contributed by atoms with Crippen LogP contribution in [-0.2, 0) is 4.79 Å². The summed E-state index contributed by atoms with van der Waals surface area (Å²) in [7, 11) is 6.76. The van der Waals surface area contributed by atoms with Crippen LogP contribution in [0.3, 0.4) is 0 Å². The number of aryl methyl sites for hydroxylation is 1. The number of hydrogen-bond donors (Lipinski definition) is 1. The van der Waals surface area contributed by atoms with Crippen LogP contribution >= 0.6 is 0 Å². The average Bonchev–Trinajstić information content (AvgIpc) is 2.35. The van der Waals surface area contributed by atoms with E-state index >= 15 is 0 Å². The summed E-state index contributed by atoms with van der Waals surface area (Å²) in [4.78, 5) is 12.1. The molecular weight excluding hydrogens is 244 g/mol. The molecule has 1 atom stereocenters. The van der Waals surface area contributed by atoms with Gasteiger partial charge in [0.25, 0.3) is 0 Å². The molecule has 0 radical (unpaired) electrons. The minimum Gasteiger partial charge on any atom is -0.497 e. The Morgan fingerprint density at radius 3 is 2.37 bits per heavy atom. The summed E-state index contributed by atoms with van der Waals surface area (Å²) >= 11 is 0. The van der Waals surface area contributed by atoms with Gasteiger partial charge < -0.3 is 9.47 Å². The zero-order chi connectivity index (χ0) is 14.6. The maximum absolute atomic E-state index is 12.1. The molecular formula is C14H22N2O3. The number of hydrogen-bond acceptors (Lipinski definition) is 4. The van der Waals surface area contributed by atoms with Crippen molar-refractivity contribution in [3.05, 3.63) is 23.3 Å². The maximum Gasteiger partial charge on any atom is 0.241 e. The van der Waals surface area contributed by atoms with Crippen LogP contribution in [0.2, 0.25) is 0 Å². The molecule has 106 valence electrons. The van der Waals surface area contributed by atoms with E-state index in [9.17, 15) is 4.79 Å². The van der Waals surface area contributed by atoms with Gasteiger partial charge in [0.05, 0.1) is 20.1 Å². The van der Waals surface area contributed by atoms with E-state index in [1.54, 1.807) is 39.4 Å². The highest BCUT2D eigenvalue weighted by atomic mass is 16.5. The minimum absolute atomic E-state index is 0.0726. The van der Waals surface area contributed by atoms with Crippen molar-refractivity contribution in [3.63, 3.8) is 0 Å². The van der Waals surface area contributed by atoms with Crippen LogP contribution < -0.4 is 14.9 Å². The smallest absolute Gasteiger partial charge is 0.241 e. The van der Waals surface area contributed by atoms with Gasteiger partial charge in [0.2, 0.25) is 5.91 Å². The largest absolute Gasteiger partial charge is 0.497 e. The molecule has 1 rings (SSSR count). The summed E-state index contributed by atoms with van der Waals surface area (Å²) in [5.41, 5.74) is 4.60. The second-order valence-electron chi connectivity index (χ2n) is 4.65. The Labute approximate surface area is 114 Å². The number of rotatable bonds is 5. The third-order valence-corrected chi connectivity index (χ3v) is 2.94. The lowest BCUT2D eigenvalue weighted by Crippen LogP contribution is -2.38. The third kappa shape index (κ3) is 3.61. The monoisotopic (exact) mass is 266 g/mol. The first-order valence-corrected chi connectivity index (χ1v) is 6.11. The molecule has 1 unspecified atom stereocenters. The summed E-state index contributed by atoms with van der Waals surface area (Å²) in [6.07, 6.45) is 0. The highest BCUT2D eigenvalue weighted by Gasteiger charge is 2.22. The van der Waals surface area contributed by atoms with E-state index in [-0.39, 0.29) is 11.8 Å². The Balaban J connectivity index is 3.14. The van der Waals surface area contributed by atoms with Crippen molar-refractivity contribution >= 4 is 5.91 Å². The van der Waals surface area contributed by atoms with Crippen molar-refractivity contribution in [1.82, 2.24) is 10.4 Å². The van der Waals surface area contributed by atoms with Gasteiger partial charge in [-0.15, -0.1) is 0 Å². The van der Waals surface area contributed by atoms with Gasteiger partial charge in [-0.2, -0.15) is 0 Å². The first kappa shape index (κ1) is 15.3. The predicted molar refractivity (Wildman–Crippen MR) is 74.5 cm³/mol. The molecule has 0 aliphatic carbocycles. The molecule has 1 amide bonds. The highest BCUT2D eigenvalue weighted by Crippen LogP contribution is 2.34. The van der Waals surface area contributed by atoms with Crippen molar-refractivity contribution in [2.24, 2.45) is 0 Å². The predicted octanol–water partition coefficient (Wildman–Crippen LogP) is 1.71. The fourth-order valence-corrected chi connectivity index (χ4v) is 2.02. The van der Waals surface area contributed by atoms with E-state index in [4.69, 9.17) is 9.47 Å². The van der Waals surface area contributed by atoms with Gasteiger partial charge in [-0.25, -0.2) is 5.01 Å². The molecule has 0 bridgehead atoms. The molecule has 5 nitrogen and oxygen atoms in total. The van der Waals surface area contributed by atoms with Gasteiger partial charge in [-0.3, -0.25) is 10.2 Å². The normalized spacial score (nSPS) is 12.2. The van der Waals surface area contributed by atoms with Crippen molar-refractivity contribution in [2.75, 3.05) is 28.3 Å². The summed E-state index contributed by atoms with van der Waals surface area (Å²) in [5, 5.41) is 1.63. The zero-order valence-corrected chi connectivity index (χ0v) is 12.4. The van der Waals surface area contributed by atoms with Crippen LogP contribution in [0.5, 0.6) is 11.5 Å². The topological polar surface area (TPSA) is 50.8 Å². The SMILES string of the molecule is COc1cc(C)c(C(C)C(=O)NN(C)C)c(OC)c1. The number of methoxy groups -OCH3 is 2. The van der Waals surface area contributed by atoms with Gasteiger partial charge in [0.1, 0.15) is 11.5 Å². The molecule has 0 fully saturated rings. The Hall–Kier alpha value is -1.75. The molecule has 1 aromatic carbocycles. The molecule has 1 aromatic rings. The summed E-state index contributed by atoms with van der Waals surface area (Å²) in [5.74, 6) is 1.01. The molecule has 0 aliphatic heterocycles. The number of nitrogens with zero attached hydrogens (tertiary/aromatic N) is 1. The lowest BCUT2D eigenvalue weighted by atomic mass is 9.94. The Kier molecular flexibility index (Phi) is 5.18. The van der Waals surface area contributed by atoms with Gasteiger partial charge >= 0.3 is 0 Å². The van der Waals surface area contributed by atoms with Crippen LogP contribution in [0.4, 0.5) is 0 Å². The first-order chi connectivity index (χ1) is 8.90. The van der Waals surface area contributed by atoms with Crippen LogP contribution in [0.1, 0.15) is 24.0 Å². The van der Waals surface area contributed by atoms with Gasteiger partial charge in [-0.05, 0) is 25.5 Å². The lowest BCUT2D eigenvalue weighted by molar-refractivity contribution is -0.126. The molecule has 0 aromatic heterocycles. The average molecular weight is 266 g/mol. The van der Waals surface area contributed by atoms with E-state index in [1.807, 2.05) is 19.9 Å². The molecule has 0 spiro atoms. The van der Waals surface area contributed by atoms with Crippen molar-refractivity contribution < 1.29 is 14.3 Å². The molecule has 1 N–H and O–H groups in total. The van der Waals surface area contributed by atoms with Gasteiger partial charge in [-0.1, -0.05) is 0 Å². The summed E-state index contributed by atoms with van der Waals surface area (Å²) in [6, 6.07) is 3.69. The van der Waals surface area contributed by atoms with Gasteiger partial charge in [0.15, 0.2) is 0 Å². The Morgan fingerprint density at radius 2 is 1.89 bits per heavy atom. The number of carbonyl (C=O) groups excluding carboxylic acids is 1. The number of benzene rings is 1. The van der Waals surface area contributed by atoms with E-state index in [1.165, 1.54) is 0 Å². The molecule has 19 heavy (non-hydrogen) atoms. The summed E-state index contributed by atoms with van der Waals surface area (Å²) in [6.45, 7) is 3.80. The second kappa shape index (κ2) is 6.43. The maximum atomic E-state index is 12.1. The van der Waals surface area contributed by atoms with E-state index < -0.39 is 0 Å². The van der Waals surface area contributed by atoms with Crippen LogP contribution in [-0.4, -0.2) is 39.2 Å². The third-order valence-electron chi connectivity index (χ3n) is 2.94. The molecule has 5 heteroatoms. The number of nitrogens with one attached hydrogen (secondary N) is 1. The second-order valence-corrected chi connectivity index (χ2v) is 4.65. The van der Waals surface area contributed by atoms with Gasteiger partial charge in [0, 0.05) is 25.7 Å². The quantitative estimate of drug-likeness (QED) is 0.824. The van der Waals surface area contributed by atoms with Crippen molar-refractivity contribution in [1.29, 1.82) is 0 Å². The number of ether oxygens (including phenoxy) is 2. The van der Waals surface area contributed by atoms with Crippen molar-refractivity contribution in [2.45, 2.75) is 19.8 Å². The van der Waals surface area contributed by atoms with Crippen LogP contribution in [0.15, 0.2) is 12.1 Å². The highest BCUT2D eigenvalue weighted by molar-refractivity contribution is 5.84. The van der Waals surface area contributed by atoms with E-state index in [0.717, 1.165) is 16.9 Å². The van der Waals surface area contributed by atoms with Crippen molar-refractivity contribution in [3.8, 4) is 11.5 Å². The molecule has 0 saturated heterocycles. The number of hydrazine groups is 1.